The van der Waals surface area contributed by atoms with Crippen LogP contribution in [-0.2, 0) is 24.3 Å². The molecule has 0 saturated carbocycles. The zero-order chi connectivity index (χ0) is 27.0. The van der Waals surface area contributed by atoms with E-state index < -0.39 is 21.9 Å². The standard InChI is InChI=1S/C25H27N3O6S3/c1-17-7-13-20(14-8-17)37(32,33)27-26-22(29)6-4-3-5-15-28-23(30)21(36-25(28)35)16-18-9-11-19(12-10-18)24(31)34-2/h7-14,16,27H,3-6,15H2,1-2H3,(H,26,29)/b21-16-. The highest BCUT2D eigenvalue weighted by molar-refractivity contribution is 8.26. The van der Waals surface area contributed by atoms with Gasteiger partial charge in [0.1, 0.15) is 4.32 Å². The summed E-state index contributed by atoms with van der Waals surface area (Å²) >= 11 is 6.57. The monoisotopic (exact) mass is 561 g/mol. The highest BCUT2D eigenvalue weighted by Gasteiger charge is 2.31. The number of sulfonamides is 1. The van der Waals surface area contributed by atoms with Gasteiger partial charge in [-0.1, -0.05) is 60.2 Å². The number of amides is 2. The number of hydrazine groups is 1. The second-order valence-corrected chi connectivity index (χ2v) is 11.6. The highest BCUT2D eigenvalue weighted by atomic mass is 32.2. The first-order valence-corrected chi connectivity index (χ1v) is 14.1. The van der Waals surface area contributed by atoms with Crippen molar-refractivity contribution in [3.63, 3.8) is 0 Å². The van der Waals surface area contributed by atoms with Gasteiger partial charge in [0.25, 0.3) is 15.9 Å². The van der Waals surface area contributed by atoms with Crippen LogP contribution in [0.1, 0.15) is 47.2 Å². The Morgan fingerprint density at radius 3 is 2.38 bits per heavy atom. The van der Waals surface area contributed by atoms with Crippen LogP contribution in [0, 0.1) is 6.92 Å². The average molecular weight is 562 g/mol. The number of carbonyl (C=O) groups is 3. The van der Waals surface area contributed by atoms with Gasteiger partial charge in [0, 0.05) is 13.0 Å². The molecule has 0 bridgehead atoms. The van der Waals surface area contributed by atoms with Gasteiger partial charge in [-0.15, -0.1) is 4.83 Å². The molecular formula is C25H27N3O6S3. The normalized spacial score (nSPS) is 14.8. The molecule has 0 atom stereocenters. The number of benzene rings is 2. The molecule has 12 heteroatoms. The van der Waals surface area contributed by atoms with Crippen LogP contribution in [0.25, 0.3) is 6.08 Å². The first-order valence-electron chi connectivity index (χ1n) is 11.4. The minimum absolute atomic E-state index is 0.0640. The van der Waals surface area contributed by atoms with E-state index in [1.807, 2.05) is 6.92 Å². The lowest BCUT2D eigenvalue weighted by Gasteiger charge is -2.14. The molecule has 9 nitrogen and oxygen atoms in total. The van der Waals surface area contributed by atoms with Crippen molar-refractivity contribution in [3.8, 4) is 0 Å². The number of carbonyl (C=O) groups excluding carboxylic acids is 3. The van der Waals surface area contributed by atoms with Gasteiger partial charge in [0.2, 0.25) is 5.91 Å². The van der Waals surface area contributed by atoms with Crippen LogP contribution in [-0.4, -0.2) is 49.1 Å². The predicted octanol–water partition coefficient (Wildman–Crippen LogP) is 3.55. The Morgan fingerprint density at radius 1 is 1.05 bits per heavy atom. The molecule has 0 aromatic heterocycles. The average Bonchev–Trinajstić information content (AvgIpc) is 3.14. The molecular weight excluding hydrogens is 534 g/mol. The molecule has 0 unspecified atom stereocenters. The van der Waals surface area contributed by atoms with Gasteiger partial charge in [0.15, 0.2) is 0 Å². The third kappa shape index (κ3) is 7.96. The molecule has 1 fully saturated rings. The van der Waals surface area contributed by atoms with E-state index in [1.165, 1.54) is 35.9 Å². The molecule has 2 aromatic carbocycles. The van der Waals surface area contributed by atoms with Gasteiger partial charge in [0.05, 0.1) is 22.5 Å². The van der Waals surface area contributed by atoms with Gasteiger partial charge in [-0.2, -0.15) is 0 Å². The number of ether oxygens (including phenoxy) is 1. The van der Waals surface area contributed by atoms with E-state index in [0.29, 0.717) is 40.6 Å². The third-order valence-electron chi connectivity index (χ3n) is 5.44. The summed E-state index contributed by atoms with van der Waals surface area (Å²) in [6.07, 6.45) is 3.67. The molecule has 2 amide bonds. The molecule has 3 rings (SSSR count). The van der Waals surface area contributed by atoms with Crippen molar-refractivity contribution in [2.24, 2.45) is 0 Å². The first kappa shape index (κ1) is 28.5. The van der Waals surface area contributed by atoms with E-state index in [2.05, 4.69) is 15.0 Å². The molecule has 1 aliphatic heterocycles. The van der Waals surface area contributed by atoms with Crippen molar-refractivity contribution < 1.29 is 27.5 Å². The summed E-state index contributed by atoms with van der Waals surface area (Å²) < 4.78 is 29.6. The molecule has 1 aliphatic rings. The zero-order valence-corrected chi connectivity index (χ0v) is 22.8. The summed E-state index contributed by atoms with van der Waals surface area (Å²) in [5.41, 5.74) is 4.34. The van der Waals surface area contributed by atoms with Crippen LogP contribution >= 0.6 is 24.0 Å². The smallest absolute Gasteiger partial charge is 0.337 e. The highest BCUT2D eigenvalue weighted by Crippen LogP contribution is 2.32. The van der Waals surface area contributed by atoms with Gasteiger partial charge < -0.3 is 4.74 Å². The predicted molar refractivity (Wildman–Crippen MR) is 146 cm³/mol. The number of unbranched alkanes of at least 4 members (excludes halogenated alkanes) is 2. The van der Waals surface area contributed by atoms with Crippen LogP contribution in [0.5, 0.6) is 0 Å². The maximum absolute atomic E-state index is 12.8. The van der Waals surface area contributed by atoms with Crippen LogP contribution in [0.15, 0.2) is 58.3 Å². The topological polar surface area (TPSA) is 122 Å². The number of rotatable bonds is 11. The van der Waals surface area contributed by atoms with E-state index >= 15 is 0 Å². The zero-order valence-electron chi connectivity index (χ0n) is 20.4. The largest absolute Gasteiger partial charge is 0.465 e. The van der Waals surface area contributed by atoms with Crippen molar-refractivity contribution in [2.45, 2.75) is 37.5 Å². The number of nitrogens with one attached hydrogen (secondary N) is 2. The molecule has 0 spiro atoms. The Labute approximate surface area is 225 Å². The SMILES string of the molecule is COC(=O)c1ccc(/C=C2\SC(=S)N(CCCCCC(=O)NNS(=O)(=O)c3ccc(C)cc3)C2=O)cc1. The van der Waals surface area contributed by atoms with Crippen molar-refractivity contribution >= 4 is 62.2 Å². The van der Waals surface area contributed by atoms with Crippen LogP contribution in [0.3, 0.4) is 0 Å². The van der Waals surface area contributed by atoms with E-state index in [0.717, 1.165) is 11.1 Å². The number of thioether (sulfide) groups is 1. The number of aryl methyl sites for hydroxylation is 1. The van der Waals surface area contributed by atoms with Crippen molar-refractivity contribution in [1.82, 2.24) is 15.2 Å². The summed E-state index contributed by atoms with van der Waals surface area (Å²) in [5, 5.41) is 0. The Hall–Kier alpha value is -3.06. The van der Waals surface area contributed by atoms with Crippen molar-refractivity contribution in [1.29, 1.82) is 0 Å². The first-order chi connectivity index (χ1) is 17.6. The van der Waals surface area contributed by atoms with Crippen molar-refractivity contribution in [3.05, 3.63) is 70.1 Å². The lowest BCUT2D eigenvalue weighted by Crippen LogP contribution is -2.41. The Morgan fingerprint density at radius 2 is 1.73 bits per heavy atom. The fourth-order valence-electron chi connectivity index (χ4n) is 3.37. The molecule has 2 aromatic rings. The Bertz CT molecular complexity index is 1310. The van der Waals surface area contributed by atoms with Crippen LogP contribution < -0.4 is 10.3 Å². The summed E-state index contributed by atoms with van der Waals surface area (Å²) in [6, 6.07) is 13.0. The number of hydrogen-bond donors (Lipinski definition) is 2. The molecule has 1 saturated heterocycles. The Balaban J connectivity index is 1.40. The summed E-state index contributed by atoms with van der Waals surface area (Å²) in [7, 11) is -2.52. The fraction of sp³-hybridized carbons (Fsp3) is 0.280. The molecule has 0 radical (unpaired) electrons. The molecule has 2 N–H and O–H groups in total. The second kappa shape index (κ2) is 13.0. The number of methoxy groups -OCH3 is 1. The molecule has 0 aliphatic carbocycles. The minimum Gasteiger partial charge on any atom is -0.465 e. The summed E-state index contributed by atoms with van der Waals surface area (Å²) in [4.78, 5) is 40.6. The number of thiocarbonyl (C=S) groups is 1. The number of esters is 1. The van der Waals surface area contributed by atoms with E-state index in [-0.39, 0.29) is 17.2 Å². The number of nitrogens with zero attached hydrogens (tertiary/aromatic N) is 1. The van der Waals surface area contributed by atoms with Crippen molar-refractivity contribution in [2.75, 3.05) is 13.7 Å². The molecule has 37 heavy (non-hydrogen) atoms. The summed E-state index contributed by atoms with van der Waals surface area (Å²) in [6.45, 7) is 2.27. The fourth-order valence-corrected chi connectivity index (χ4v) is 5.54. The lowest BCUT2D eigenvalue weighted by molar-refractivity contribution is -0.123. The lowest BCUT2D eigenvalue weighted by atomic mass is 10.1. The van der Waals surface area contributed by atoms with E-state index in [4.69, 9.17) is 12.2 Å². The quantitative estimate of drug-likeness (QED) is 0.140. The maximum Gasteiger partial charge on any atom is 0.337 e. The molecule has 1 heterocycles. The Kier molecular flexibility index (Phi) is 9.98. The maximum atomic E-state index is 12.8. The number of hydrogen-bond acceptors (Lipinski definition) is 8. The van der Waals surface area contributed by atoms with Gasteiger partial charge in [-0.25, -0.2) is 13.2 Å². The van der Waals surface area contributed by atoms with Gasteiger partial charge >= 0.3 is 5.97 Å². The van der Waals surface area contributed by atoms with E-state index in [9.17, 15) is 22.8 Å². The van der Waals surface area contributed by atoms with Gasteiger partial charge in [-0.05, 0) is 55.7 Å². The third-order valence-corrected chi connectivity index (χ3v) is 8.09. The van der Waals surface area contributed by atoms with Crippen LogP contribution in [0.2, 0.25) is 0 Å². The minimum atomic E-state index is -3.83. The van der Waals surface area contributed by atoms with Gasteiger partial charge in [-0.3, -0.25) is 19.9 Å². The second-order valence-electron chi connectivity index (χ2n) is 8.22. The summed E-state index contributed by atoms with van der Waals surface area (Å²) in [5.74, 6) is -1.06. The van der Waals surface area contributed by atoms with Crippen LogP contribution in [0.4, 0.5) is 0 Å². The molecule has 196 valence electrons. The van der Waals surface area contributed by atoms with E-state index in [1.54, 1.807) is 42.5 Å².